The molecule has 0 radical (unpaired) electrons. The van der Waals surface area contributed by atoms with Crippen LogP contribution in [0.4, 0.5) is 5.69 Å². The Bertz CT molecular complexity index is 1030. The average molecular weight is 275 g/mol. The molecule has 0 atom stereocenters. The van der Waals surface area contributed by atoms with Crippen molar-refractivity contribution in [3.63, 3.8) is 0 Å². The minimum Gasteiger partial charge on any atom is -0.258 e. The van der Waals surface area contributed by atoms with Crippen LogP contribution in [0.3, 0.4) is 0 Å². The molecule has 0 saturated heterocycles. The first-order valence-corrected chi connectivity index (χ1v) is 6.45. The predicted octanol–water partition coefficient (Wildman–Crippen LogP) is 3.84. The highest BCUT2D eigenvalue weighted by molar-refractivity contribution is 6.20. The van der Waals surface area contributed by atoms with E-state index in [1.165, 1.54) is 0 Å². The summed E-state index contributed by atoms with van der Waals surface area (Å²) in [4.78, 5) is 19.4. The van der Waals surface area contributed by atoms with E-state index in [2.05, 4.69) is 9.97 Å². The molecule has 4 aromatic rings. The van der Waals surface area contributed by atoms with E-state index >= 15 is 0 Å². The molecule has 4 rings (SSSR count). The van der Waals surface area contributed by atoms with Crippen LogP contribution < -0.4 is 0 Å². The number of nitrogens with zero attached hydrogens (tertiary/aromatic N) is 3. The number of hydrogen-bond acceptors (Lipinski definition) is 4. The van der Waals surface area contributed by atoms with Crippen molar-refractivity contribution in [3.8, 4) is 0 Å². The summed E-state index contributed by atoms with van der Waals surface area (Å²) >= 11 is 0. The van der Waals surface area contributed by atoms with Gasteiger partial charge in [0, 0.05) is 34.6 Å². The van der Waals surface area contributed by atoms with Gasteiger partial charge < -0.3 is 0 Å². The molecule has 0 saturated carbocycles. The van der Waals surface area contributed by atoms with Crippen molar-refractivity contribution in [2.45, 2.75) is 0 Å². The van der Waals surface area contributed by atoms with Gasteiger partial charge in [0.15, 0.2) is 0 Å². The normalized spacial score (nSPS) is 11.2. The molecule has 0 bridgehead atoms. The first-order valence-electron chi connectivity index (χ1n) is 6.45. The van der Waals surface area contributed by atoms with Gasteiger partial charge in [-0.3, -0.25) is 15.1 Å². The fraction of sp³-hybridized carbons (Fsp3) is 0. The Morgan fingerprint density at radius 3 is 2.52 bits per heavy atom. The number of rotatable bonds is 1. The number of aromatic nitrogens is 2. The molecule has 2 heterocycles. The highest BCUT2D eigenvalue weighted by Gasteiger charge is 2.17. The van der Waals surface area contributed by atoms with Crippen molar-refractivity contribution in [1.29, 1.82) is 0 Å². The maximum Gasteiger partial charge on any atom is 0.296 e. The van der Waals surface area contributed by atoms with Crippen LogP contribution in [-0.4, -0.2) is 14.9 Å². The molecule has 2 aromatic heterocycles. The van der Waals surface area contributed by atoms with Crippen LogP contribution >= 0.6 is 0 Å². The number of pyridine rings is 2. The van der Waals surface area contributed by atoms with E-state index in [0.717, 1.165) is 27.1 Å². The van der Waals surface area contributed by atoms with Crippen LogP contribution in [0.2, 0.25) is 0 Å². The summed E-state index contributed by atoms with van der Waals surface area (Å²) in [6, 6.07) is 12.8. The quantitative estimate of drug-likeness (QED) is 0.300. The van der Waals surface area contributed by atoms with Crippen LogP contribution in [0.1, 0.15) is 0 Å². The standard InChI is InChI=1S/C16H9N3O2/c20-19(21)14-9-10-5-6-13-11(3-1-7-17-13)15(10)12-4-2-8-18-16(12)14/h1-9H. The zero-order valence-corrected chi connectivity index (χ0v) is 10.9. The zero-order valence-electron chi connectivity index (χ0n) is 10.9. The molecule has 0 aliphatic carbocycles. The van der Waals surface area contributed by atoms with Gasteiger partial charge in [-0.2, -0.15) is 0 Å². The van der Waals surface area contributed by atoms with Gasteiger partial charge in [-0.05, 0) is 23.6 Å². The third-order valence-electron chi connectivity index (χ3n) is 3.63. The van der Waals surface area contributed by atoms with E-state index in [9.17, 15) is 10.1 Å². The topological polar surface area (TPSA) is 68.9 Å². The zero-order chi connectivity index (χ0) is 14.4. The molecule has 0 fully saturated rings. The lowest BCUT2D eigenvalue weighted by Crippen LogP contribution is -1.93. The van der Waals surface area contributed by atoms with Crippen molar-refractivity contribution in [2.24, 2.45) is 0 Å². The van der Waals surface area contributed by atoms with Crippen LogP contribution in [-0.2, 0) is 0 Å². The first kappa shape index (κ1) is 11.7. The highest BCUT2D eigenvalue weighted by Crippen LogP contribution is 2.35. The van der Waals surface area contributed by atoms with Gasteiger partial charge in [0.1, 0.15) is 5.52 Å². The average Bonchev–Trinajstić information content (AvgIpc) is 2.53. The van der Waals surface area contributed by atoms with Gasteiger partial charge in [0.05, 0.1) is 10.4 Å². The lowest BCUT2D eigenvalue weighted by atomic mass is 9.99. The van der Waals surface area contributed by atoms with E-state index in [1.54, 1.807) is 24.5 Å². The van der Waals surface area contributed by atoms with Gasteiger partial charge in [-0.25, -0.2) is 4.98 Å². The molecule has 0 N–H and O–H groups in total. The second-order valence-corrected chi connectivity index (χ2v) is 4.79. The van der Waals surface area contributed by atoms with Crippen molar-refractivity contribution < 1.29 is 4.92 Å². The van der Waals surface area contributed by atoms with Crippen LogP contribution in [0.5, 0.6) is 0 Å². The largest absolute Gasteiger partial charge is 0.296 e. The summed E-state index contributed by atoms with van der Waals surface area (Å²) in [7, 11) is 0. The summed E-state index contributed by atoms with van der Waals surface area (Å²) in [5, 5.41) is 14.8. The van der Waals surface area contributed by atoms with Crippen molar-refractivity contribution in [1.82, 2.24) is 9.97 Å². The molecule has 100 valence electrons. The van der Waals surface area contributed by atoms with Crippen LogP contribution in [0.25, 0.3) is 32.6 Å². The van der Waals surface area contributed by atoms with E-state index in [-0.39, 0.29) is 10.6 Å². The number of nitro groups is 1. The lowest BCUT2D eigenvalue weighted by Gasteiger charge is -2.07. The Morgan fingerprint density at radius 2 is 1.71 bits per heavy atom. The van der Waals surface area contributed by atoms with Gasteiger partial charge >= 0.3 is 0 Å². The highest BCUT2D eigenvalue weighted by atomic mass is 16.6. The van der Waals surface area contributed by atoms with Crippen molar-refractivity contribution in [2.75, 3.05) is 0 Å². The van der Waals surface area contributed by atoms with E-state index in [4.69, 9.17) is 0 Å². The first-order chi connectivity index (χ1) is 10.3. The second-order valence-electron chi connectivity index (χ2n) is 4.79. The predicted molar refractivity (Wildman–Crippen MR) is 81.2 cm³/mol. The number of nitro benzene ring substituents is 1. The Morgan fingerprint density at radius 1 is 0.952 bits per heavy atom. The number of hydrogen-bond donors (Lipinski definition) is 0. The molecule has 0 unspecified atom stereocenters. The molecule has 2 aromatic carbocycles. The maximum atomic E-state index is 11.3. The lowest BCUT2D eigenvalue weighted by molar-refractivity contribution is -0.383. The van der Waals surface area contributed by atoms with Gasteiger partial charge in [-0.1, -0.05) is 18.2 Å². The summed E-state index contributed by atoms with van der Waals surface area (Å²) in [6.45, 7) is 0. The minimum atomic E-state index is -0.387. The Labute approximate surface area is 119 Å². The van der Waals surface area contributed by atoms with Gasteiger partial charge in [0.25, 0.3) is 5.69 Å². The Balaban J connectivity index is 2.34. The SMILES string of the molecule is O=[N+]([O-])c1cc2ccc3ncccc3c2c2cccnc12. The van der Waals surface area contributed by atoms with Gasteiger partial charge in [-0.15, -0.1) is 0 Å². The third kappa shape index (κ3) is 1.64. The number of benzene rings is 2. The van der Waals surface area contributed by atoms with E-state index in [1.807, 2.05) is 30.3 Å². The summed E-state index contributed by atoms with van der Waals surface area (Å²) in [5.74, 6) is 0. The van der Waals surface area contributed by atoms with Crippen LogP contribution in [0.15, 0.2) is 54.9 Å². The number of fused-ring (bicyclic) bond motifs is 5. The molecule has 21 heavy (non-hydrogen) atoms. The van der Waals surface area contributed by atoms with E-state index in [0.29, 0.717) is 5.52 Å². The molecule has 0 amide bonds. The number of non-ortho nitro benzene ring substituents is 1. The molecule has 5 heteroatoms. The fourth-order valence-corrected chi connectivity index (χ4v) is 2.76. The summed E-state index contributed by atoms with van der Waals surface area (Å²) in [5.41, 5.74) is 1.30. The van der Waals surface area contributed by atoms with Gasteiger partial charge in [0.2, 0.25) is 0 Å². The van der Waals surface area contributed by atoms with E-state index < -0.39 is 0 Å². The second kappa shape index (κ2) is 4.21. The van der Waals surface area contributed by atoms with Crippen molar-refractivity contribution >= 4 is 38.3 Å². The molecule has 0 aliphatic heterocycles. The molecular weight excluding hydrogens is 266 g/mol. The van der Waals surface area contributed by atoms with Crippen LogP contribution in [0, 0.1) is 10.1 Å². The fourth-order valence-electron chi connectivity index (χ4n) is 2.76. The third-order valence-corrected chi connectivity index (χ3v) is 3.63. The summed E-state index contributed by atoms with van der Waals surface area (Å²) < 4.78 is 0. The summed E-state index contributed by atoms with van der Waals surface area (Å²) in [6.07, 6.45) is 3.31. The van der Waals surface area contributed by atoms with Crippen molar-refractivity contribution in [3.05, 3.63) is 65.0 Å². The molecule has 0 aliphatic rings. The monoisotopic (exact) mass is 275 g/mol. The smallest absolute Gasteiger partial charge is 0.258 e. The Kier molecular flexibility index (Phi) is 2.35. The maximum absolute atomic E-state index is 11.3. The molecular formula is C16H9N3O2. The minimum absolute atomic E-state index is 0.0290. The molecule has 5 nitrogen and oxygen atoms in total. The molecule has 0 spiro atoms. The Hall–Kier alpha value is -3.08.